The number of amides is 1. The second-order valence-corrected chi connectivity index (χ2v) is 9.22. The Hall–Kier alpha value is -2.90. The van der Waals surface area contributed by atoms with E-state index in [-0.39, 0.29) is 23.0 Å². The third-order valence-electron chi connectivity index (χ3n) is 4.62. The lowest BCUT2D eigenvalue weighted by molar-refractivity contribution is -0.141. The van der Waals surface area contributed by atoms with Crippen LogP contribution in [0.1, 0.15) is 35.3 Å². The number of hydrogen-bond donors (Lipinski definition) is 0. The molecule has 0 atom stereocenters. The number of carbonyl (C=O) groups is 1. The highest BCUT2D eigenvalue weighted by atomic mass is 32.2. The highest BCUT2D eigenvalue weighted by molar-refractivity contribution is 7.89. The molecule has 2 aromatic rings. The fraction of sp³-hybridized carbons (Fsp3) is 0.333. The molecule has 1 amide bonds. The molecule has 0 aliphatic rings. The van der Waals surface area contributed by atoms with Gasteiger partial charge in [-0.15, -0.1) is 0 Å². The van der Waals surface area contributed by atoms with Crippen molar-refractivity contribution in [3.8, 4) is 6.07 Å². The van der Waals surface area contributed by atoms with Crippen LogP contribution in [0, 0.1) is 11.3 Å². The zero-order valence-electron chi connectivity index (χ0n) is 17.2. The zero-order chi connectivity index (χ0) is 23.4. The van der Waals surface area contributed by atoms with Crippen LogP contribution in [0.3, 0.4) is 0 Å². The Morgan fingerprint density at radius 2 is 1.61 bits per heavy atom. The molecule has 10 heteroatoms. The largest absolute Gasteiger partial charge is 0.406 e. The van der Waals surface area contributed by atoms with Crippen molar-refractivity contribution >= 4 is 15.9 Å². The molecule has 6 nitrogen and oxygen atoms in total. The number of carbonyl (C=O) groups excluding carboxylic acids is 1. The maximum atomic E-state index is 13.1. The van der Waals surface area contributed by atoms with Gasteiger partial charge in [-0.2, -0.15) is 22.7 Å². The number of alkyl halides is 3. The summed E-state index contributed by atoms with van der Waals surface area (Å²) in [5.74, 6) is -0.886. The first kappa shape index (κ1) is 24.4. The molecule has 2 rings (SSSR count). The number of halogens is 3. The Morgan fingerprint density at radius 3 is 2.06 bits per heavy atom. The highest BCUT2D eigenvalue weighted by Crippen LogP contribution is 2.22. The fourth-order valence-electron chi connectivity index (χ4n) is 2.72. The van der Waals surface area contributed by atoms with Crippen LogP contribution in [0.25, 0.3) is 0 Å². The Labute approximate surface area is 179 Å². The summed E-state index contributed by atoms with van der Waals surface area (Å²) in [4.78, 5) is 13.3. The van der Waals surface area contributed by atoms with Crippen LogP contribution in [0.5, 0.6) is 0 Å². The van der Waals surface area contributed by atoms with Gasteiger partial charge in [0.25, 0.3) is 5.91 Å². The topological polar surface area (TPSA) is 81.5 Å². The van der Waals surface area contributed by atoms with E-state index in [1.54, 1.807) is 13.8 Å². The van der Waals surface area contributed by atoms with Crippen molar-refractivity contribution in [2.75, 3.05) is 13.6 Å². The Bertz CT molecular complexity index is 1060. The molecule has 0 aliphatic carbocycles. The molecule has 0 saturated heterocycles. The van der Waals surface area contributed by atoms with Crippen molar-refractivity contribution in [2.24, 2.45) is 0 Å². The van der Waals surface area contributed by atoms with E-state index < -0.39 is 28.7 Å². The average Bonchev–Trinajstić information content (AvgIpc) is 2.71. The molecule has 0 aliphatic heterocycles. The molecule has 0 radical (unpaired) electrons. The summed E-state index contributed by atoms with van der Waals surface area (Å²) in [7, 11) is -2.36. The molecular formula is C21H22F3N3O3S. The smallest absolute Gasteiger partial charge is 0.325 e. The van der Waals surface area contributed by atoms with Crippen molar-refractivity contribution in [3.05, 3.63) is 65.2 Å². The summed E-state index contributed by atoms with van der Waals surface area (Å²) >= 11 is 0. The van der Waals surface area contributed by atoms with E-state index in [1.165, 1.54) is 55.6 Å². The summed E-state index contributed by atoms with van der Waals surface area (Å²) in [5.41, 5.74) is 0.707. The standard InChI is InChI=1S/C21H22F3N3O3S/c1-15(2)26(3)31(29,30)19-10-8-18(9-11-19)20(28)27(14-21(22,23)24)13-17-6-4-16(12-25)5-7-17/h4-11,15H,13-14H2,1-3H3. The molecule has 0 aromatic heterocycles. The summed E-state index contributed by atoms with van der Waals surface area (Å²) in [6.07, 6.45) is -4.62. The van der Waals surface area contributed by atoms with Gasteiger partial charge >= 0.3 is 6.18 Å². The third-order valence-corrected chi connectivity index (χ3v) is 6.67. The van der Waals surface area contributed by atoms with Crippen molar-refractivity contribution in [3.63, 3.8) is 0 Å². The molecule has 31 heavy (non-hydrogen) atoms. The van der Waals surface area contributed by atoms with Gasteiger partial charge < -0.3 is 4.90 Å². The molecular weight excluding hydrogens is 431 g/mol. The first-order chi connectivity index (χ1) is 14.3. The van der Waals surface area contributed by atoms with Crippen LogP contribution in [-0.4, -0.2) is 49.3 Å². The predicted molar refractivity (Wildman–Crippen MR) is 108 cm³/mol. The quantitative estimate of drug-likeness (QED) is 0.639. The Morgan fingerprint density at radius 1 is 1.06 bits per heavy atom. The van der Waals surface area contributed by atoms with Crippen molar-refractivity contribution in [1.82, 2.24) is 9.21 Å². The van der Waals surface area contributed by atoms with Crippen LogP contribution in [0.4, 0.5) is 13.2 Å². The van der Waals surface area contributed by atoms with Crippen LogP contribution in [-0.2, 0) is 16.6 Å². The molecule has 0 spiro atoms. The van der Waals surface area contributed by atoms with E-state index in [1.807, 2.05) is 6.07 Å². The summed E-state index contributed by atoms with van der Waals surface area (Å²) in [6, 6.07) is 12.3. The van der Waals surface area contributed by atoms with E-state index in [4.69, 9.17) is 5.26 Å². The summed E-state index contributed by atoms with van der Waals surface area (Å²) in [5, 5.41) is 8.84. The second-order valence-electron chi connectivity index (χ2n) is 7.22. The molecule has 2 aromatic carbocycles. The van der Waals surface area contributed by atoms with Crippen LogP contribution in [0.15, 0.2) is 53.4 Å². The maximum absolute atomic E-state index is 13.1. The van der Waals surface area contributed by atoms with Gasteiger partial charge in [-0.3, -0.25) is 4.79 Å². The lowest BCUT2D eigenvalue weighted by Crippen LogP contribution is -2.38. The van der Waals surface area contributed by atoms with Crippen molar-refractivity contribution in [1.29, 1.82) is 5.26 Å². The van der Waals surface area contributed by atoms with Gasteiger partial charge in [-0.25, -0.2) is 8.42 Å². The lowest BCUT2D eigenvalue weighted by Gasteiger charge is -2.24. The number of benzene rings is 2. The van der Waals surface area contributed by atoms with Crippen LogP contribution in [0.2, 0.25) is 0 Å². The van der Waals surface area contributed by atoms with Gasteiger partial charge in [0.15, 0.2) is 0 Å². The summed E-state index contributed by atoms with van der Waals surface area (Å²) in [6.45, 7) is 1.61. The number of nitrogens with zero attached hydrogens (tertiary/aromatic N) is 3. The van der Waals surface area contributed by atoms with Gasteiger partial charge in [0.1, 0.15) is 6.54 Å². The molecule has 0 heterocycles. The number of sulfonamides is 1. The van der Waals surface area contributed by atoms with Gasteiger partial charge in [0.2, 0.25) is 10.0 Å². The van der Waals surface area contributed by atoms with Gasteiger partial charge in [-0.05, 0) is 55.8 Å². The van der Waals surface area contributed by atoms with Gasteiger partial charge in [0.05, 0.1) is 16.5 Å². The van der Waals surface area contributed by atoms with E-state index in [9.17, 15) is 26.4 Å². The number of hydrogen-bond acceptors (Lipinski definition) is 4. The predicted octanol–water partition coefficient (Wildman–Crippen LogP) is 3.79. The molecule has 0 N–H and O–H groups in total. The SMILES string of the molecule is CC(C)N(C)S(=O)(=O)c1ccc(C(=O)N(Cc2ccc(C#N)cc2)CC(F)(F)F)cc1. The highest BCUT2D eigenvalue weighted by Gasteiger charge is 2.33. The third kappa shape index (κ3) is 6.29. The van der Waals surface area contributed by atoms with Crippen LogP contribution < -0.4 is 0 Å². The molecule has 0 fully saturated rings. The minimum absolute atomic E-state index is 0.0605. The average molecular weight is 453 g/mol. The number of rotatable bonds is 7. The normalized spacial score (nSPS) is 12.1. The van der Waals surface area contributed by atoms with E-state index in [2.05, 4.69) is 0 Å². The fourth-order valence-corrected chi connectivity index (χ4v) is 4.08. The Kier molecular flexibility index (Phi) is 7.46. The monoisotopic (exact) mass is 453 g/mol. The van der Waals surface area contributed by atoms with E-state index >= 15 is 0 Å². The minimum atomic E-state index is -4.62. The number of nitriles is 1. The first-order valence-corrected chi connectivity index (χ1v) is 10.7. The first-order valence-electron chi connectivity index (χ1n) is 9.28. The Balaban J connectivity index is 2.30. The lowest BCUT2D eigenvalue weighted by atomic mass is 10.1. The van der Waals surface area contributed by atoms with E-state index in [0.717, 1.165) is 4.31 Å². The van der Waals surface area contributed by atoms with Gasteiger partial charge in [-0.1, -0.05) is 12.1 Å². The van der Waals surface area contributed by atoms with E-state index in [0.29, 0.717) is 16.0 Å². The minimum Gasteiger partial charge on any atom is -0.325 e. The second kappa shape index (κ2) is 9.49. The van der Waals surface area contributed by atoms with Crippen molar-refractivity contribution in [2.45, 2.75) is 37.5 Å². The van der Waals surface area contributed by atoms with Crippen LogP contribution >= 0.6 is 0 Å². The van der Waals surface area contributed by atoms with Gasteiger partial charge in [0, 0.05) is 25.2 Å². The van der Waals surface area contributed by atoms with Crippen molar-refractivity contribution < 1.29 is 26.4 Å². The zero-order valence-corrected chi connectivity index (χ0v) is 18.0. The maximum Gasteiger partial charge on any atom is 0.406 e. The summed E-state index contributed by atoms with van der Waals surface area (Å²) < 4.78 is 65.4. The molecule has 0 bridgehead atoms. The molecule has 0 unspecified atom stereocenters. The molecule has 0 saturated carbocycles. The molecule has 166 valence electrons.